The number of aromatic nitrogens is 1. The first-order valence-corrected chi connectivity index (χ1v) is 5.00. The van der Waals surface area contributed by atoms with E-state index in [2.05, 4.69) is 4.98 Å². The van der Waals surface area contributed by atoms with E-state index < -0.39 is 17.5 Å². The molecule has 0 aliphatic heterocycles. The molecule has 1 heterocycles. The van der Waals surface area contributed by atoms with E-state index in [0.717, 1.165) is 5.56 Å². The van der Waals surface area contributed by atoms with Crippen molar-refractivity contribution in [1.29, 1.82) is 0 Å². The predicted molar refractivity (Wildman–Crippen MR) is 55.3 cm³/mol. The Labute approximate surface area is 92.7 Å². The molecule has 1 saturated carbocycles. The van der Waals surface area contributed by atoms with E-state index in [9.17, 15) is 9.90 Å². The van der Waals surface area contributed by atoms with Crippen LogP contribution in [0.1, 0.15) is 18.4 Å². The molecule has 86 valence electrons. The number of carboxylic acid groups (broad SMARTS) is 1. The zero-order chi connectivity index (χ0) is 11.8. The zero-order valence-corrected chi connectivity index (χ0v) is 8.88. The molecule has 0 amide bonds. The summed E-state index contributed by atoms with van der Waals surface area (Å²) in [5, 5.41) is 18.5. The van der Waals surface area contributed by atoms with Gasteiger partial charge in [0.15, 0.2) is 6.10 Å². The number of pyridine rings is 1. The van der Waals surface area contributed by atoms with Crippen LogP contribution < -0.4 is 4.74 Å². The SMILES string of the molecule is COc1cncc(C2(C(O)C(=O)O)CC2)c1. The van der Waals surface area contributed by atoms with Gasteiger partial charge in [0, 0.05) is 11.6 Å². The fourth-order valence-corrected chi connectivity index (χ4v) is 1.89. The van der Waals surface area contributed by atoms with Crippen LogP contribution in [0.15, 0.2) is 18.5 Å². The van der Waals surface area contributed by atoms with E-state index in [4.69, 9.17) is 9.84 Å². The van der Waals surface area contributed by atoms with Gasteiger partial charge in [0.25, 0.3) is 0 Å². The van der Waals surface area contributed by atoms with Crippen LogP contribution in [0, 0.1) is 0 Å². The fraction of sp³-hybridized carbons (Fsp3) is 0.455. The molecule has 2 N–H and O–H groups in total. The van der Waals surface area contributed by atoms with Crippen LogP contribution in [0.2, 0.25) is 0 Å². The quantitative estimate of drug-likeness (QED) is 0.780. The van der Waals surface area contributed by atoms with E-state index in [1.165, 1.54) is 7.11 Å². The predicted octanol–water partition coefficient (Wildman–Crippen LogP) is 0.567. The van der Waals surface area contributed by atoms with Crippen molar-refractivity contribution in [2.24, 2.45) is 0 Å². The molecular formula is C11H13NO4. The zero-order valence-electron chi connectivity index (χ0n) is 8.88. The Bertz CT molecular complexity index is 414. The molecule has 0 spiro atoms. The molecule has 0 aromatic carbocycles. The molecule has 16 heavy (non-hydrogen) atoms. The molecule has 1 aromatic heterocycles. The van der Waals surface area contributed by atoms with Crippen LogP contribution in [0.4, 0.5) is 0 Å². The normalized spacial score (nSPS) is 18.9. The summed E-state index contributed by atoms with van der Waals surface area (Å²) in [5.74, 6) is -0.623. The van der Waals surface area contributed by atoms with Gasteiger partial charge in [0.05, 0.1) is 13.3 Å². The molecule has 5 nitrogen and oxygen atoms in total. The highest BCUT2D eigenvalue weighted by molar-refractivity contribution is 5.75. The molecule has 1 unspecified atom stereocenters. The first-order chi connectivity index (χ1) is 7.60. The lowest BCUT2D eigenvalue weighted by Crippen LogP contribution is -2.33. The van der Waals surface area contributed by atoms with Gasteiger partial charge in [-0.3, -0.25) is 4.98 Å². The molecular weight excluding hydrogens is 210 g/mol. The van der Waals surface area contributed by atoms with Gasteiger partial charge < -0.3 is 14.9 Å². The number of hydrogen-bond acceptors (Lipinski definition) is 4. The summed E-state index contributed by atoms with van der Waals surface area (Å²) in [6.07, 6.45) is 3.08. The Morgan fingerprint density at radius 1 is 1.56 bits per heavy atom. The molecule has 1 fully saturated rings. The standard InChI is InChI=1S/C11H13NO4/c1-16-8-4-7(5-12-6-8)11(2-3-11)9(13)10(14)15/h4-6,9,13H,2-3H2,1H3,(H,14,15). The number of hydrogen-bond donors (Lipinski definition) is 2. The minimum Gasteiger partial charge on any atom is -0.495 e. The third-order valence-electron chi connectivity index (χ3n) is 3.07. The first kappa shape index (κ1) is 10.9. The minimum absolute atomic E-state index is 0.571. The number of aliphatic hydroxyl groups is 1. The molecule has 1 aromatic rings. The van der Waals surface area contributed by atoms with Crippen LogP contribution in [-0.4, -0.2) is 34.4 Å². The lowest BCUT2D eigenvalue weighted by Gasteiger charge is -2.19. The molecule has 0 bridgehead atoms. The van der Waals surface area contributed by atoms with Crippen molar-refractivity contribution < 1.29 is 19.7 Å². The van der Waals surface area contributed by atoms with Gasteiger partial charge in [-0.2, -0.15) is 0 Å². The Balaban J connectivity index is 2.32. The van der Waals surface area contributed by atoms with Gasteiger partial charge in [-0.15, -0.1) is 0 Å². The van der Waals surface area contributed by atoms with Crippen molar-refractivity contribution in [3.8, 4) is 5.75 Å². The van der Waals surface area contributed by atoms with E-state index in [1.807, 2.05) is 0 Å². The second-order valence-corrected chi connectivity index (χ2v) is 4.01. The van der Waals surface area contributed by atoms with Crippen LogP contribution in [0.25, 0.3) is 0 Å². The number of carboxylic acids is 1. The summed E-state index contributed by atoms with van der Waals surface area (Å²) in [4.78, 5) is 14.8. The molecule has 5 heteroatoms. The maximum atomic E-state index is 10.8. The molecule has 1 aliphatic rings. The van der Waals surface area contributed by atoms with Crippen LogP contribution in [-0.2, 0) is 10.2 Å². The molecule has 0 radical (unpaired) electrons. The van der Waals surface area contributed by atoms with Gasteiger partial charge in [0.1, 0.15) is 5.75 Å². The van der Waals surface area contributed by atoms with Gasteiger partial charge in [-0.25, -0.2) is 4.79 Å². The van der Waals surface area contributed by atoms with Crippen LogP contribution in [0.5, 0.6) is 5.75 Å². The maximum absolute atomic E-state index is 10.8. The van der Waals surface area contributed by atoms with E-state index >= 15 is 0 Å². The number of rotatable bonds is 4. The van der Waals surface area contributed by atoms with Crippen molar-refractivity contribution in [2.45, 2.75) is 24.4 Å². The van der Waals surface area contributed by atoms with Crippen LogP contribution >= 0.6 is 0 Å². The number of methoxy groups -OCH3 is 1. The summed E-state index contributed by atoms with van der Waals surface area (Å²) < 4.78 is 5.03. The van der Waals surface area contributed by atoms with Crippen molar-refractivity contribution in [3.05, 3.63) is 24.0 Å². The second kappa shape index (κ2) is 3.75. The fourth-order valence-electron chi connectivity index (χ4n) is 1.89. The molecule has 1 atom stereocenters. The molecule has 1 aliphatic carbocycles. The largest absolute Gasteiger partial charge is 0.495 e. The van der Waals surface area contributed by atoms with E-state index in [1.54, 1.807) is 18.5 Å². The molecule has 0 saturated heterocycles. The smallest absolute Gasteiger partial charge is 0.333 e. The number of carbonyl (C=O) groups is 1. The number of aliphatic carboxylic acids is 1. The Morgan fingerprint density at radius 2 is 2.25 bits per heavy atom. The van der Waals surface area contributed by atoms with E-state index in [0.29, 0.717) is 18.6 Å². The third kappa shape index (κ3) is 1.63. The van der Waals surface area contributed by atoms with Crippen LogP contribution in [0.3, 0.4) is 0 Å². The van der Waals surface area contributed by atoms with Gasteiger partial charge in [-0.05, 0) is 24.5 Å². The van der Waals surface area contributed by atoms with Crippen molar-refractivity contribution in [3.63, 3.8) is 0 Å². The summed E-state index contributed by atoms with van der Waals surface area (Å²) >= 11 is 0. The highest BCUT2D eigenvalue weighted by Gasteiger charge is 2.53. The Kier molecular flexibility index (Phi) is 2.55. The van der Waals surface area contributed by atoms with Crippen molar-refractivity contribution in [1.82, 2.24) is 4.98 Å². The number of ether oxygens (including phenoxy) is 1. The molecule has 2 rings (SSSR count). The highest BCUT2D eigenvalue weighted by atomic mass is 16.5. The topological polar surface area (TPSA) is 79.7 Å². The highest BCUT2D eigenvalue weighted by Crippen LogP contribution is 2.51. The average Bonchev–Trinajstić information content (AvgIpc) is 3.09. The monoisotopic (exact) mass is 223 g/mol. The lowest BCUT2D eigenvalue weighted by atomic mass is 9.91. The Hall–Kier alpha value is -1.62. The summed E-state index contributed by atoms with van der Waals surface area (Å²) in [6, 6.07) is 1.73. The number of aliphatic hydroxyl groups excluding tert-OH is 1. The summed E-state index contributed by atoms with van der Waals surface area (Å²) in [5.41, 5.74) is 0.0506. The van der Waals surface area contributed by atoms with Gasteiger partial charge in [-0.1, -0.05) is 0 Å². The van der Waals surface area contributed by atoms with Gasteiger partial charge >= 0.3 is 5.97 Å². The Morgan fingerprint density at radius 3 is 2.75 bits per heavy atom. The summed E-state index contributed by atoms with van der Waals surface area (Å²) in [7, 11) is 1.52. The lowest BCUT2D eigenvalue weighted by molar-refractivity contribution is -0.148. The third-order valence-corrected chi connectivity index (χ3v) is 3.07. The second-order valence-electron chi connectivity index (χ2n) is 4.01. The summed E-state index contributed by atoms with van der Waals surface area (Å²) in [6.45, 7) is 0. The first-order valence-electron chi connectivity index (χ1n) is 5.00. The van der Waals surface area contributed by atoms with E-state index in [-0.39, 0.29) is 0 Å². The maximum Gasteiger partial charge on any atom is 0.333 e. The van der Waals surface area contributed by atoms with Crippen molar-refractivity contribution >= 4 is 5.97 Å². The minimum atomic E-state index is -1.37. The number of nitrogens with zero attached hydrogens (tertiary/aromatic N) is 1. The van der Waals surface area contributed by atoms with Crippen molar-refractivity contribution in [2.75, 3.05) is 7.11 Å². The van der Waals surface area contributed by atoms with Gasteiger partial charge in [0.2, 0.25) is 0 Å². The average molecular weight is 223 g/mol.